The molecule has 0 spiro atoms. The third-order valence-electron chi connectivity index (χ3n) is 3.11. The van der Waals surface area contributed by atoms with Crippen LogP contribution >= 0.6 is 0 Å². The number of hydrogen-bond donors (Lipinski definition) is 2. The molecule has 1 aliphatic rings. The Kier molecular flexibility index (Phi) is 6.27. The highest BCUT2D eigenvalue weighted by Crippen LogP contribution is 1.94. The molecular formula is C12H22N4O3. The van der Waals surface area contributed by atoms with Gasteiger partial charge in [-0.05, 0) is 13.8 Å². The van der Waals surface area contributed by atoms with E-state index in [4.69, 9.17) is 0 Å². The lowest BCUT2D eigenvalue weighted by atomic mass is 10.3. The first-order valence-electron chi connectivity index (χ1n) is 6.65. The van der Waals surface area contributed by atoms with E-state index < -0.39 is 11.8 Å². The number of amides is 3. The van der Waals surface area contributed by atoms with Gasteiger partial charge < -0.3 is 20.4 Å². The minimum absolute atomic E-state index is 0.127. The summed E-state index contributed by atoms with van der Waals surface area (Å²) in [5.74, 6) is -1.44. The Morgan fingerprint density at radius 2 is 1.74 bits per heavy atom. The summed E-state index contributed by atoms with van der Waals surface area (Å²) in [6.45, 7) is 7.23. The van der Waals surface area contributed by atoms with Crippen LogP contribution in [0.15, 0.2) is 0 Å². The molecule has 1 saturated heterocycles. The number of carbonyl (C=O) groups excluding carboxylic acids is 3. The molecule has 7 nitrogen and oxygen atoms in total. The molecule has 0 unspecified atom stereocenters. The van der Waals surface area contributed by atoms with Crippen LogP contribution in [0, 0.1) is 0 Å². The summed E-state index contributed by atoms with van der Waals surface area (Å²) in [5.41, 5.74) is 0. The van der Waals surface area contributed by atoms with Gasteiger partial charge in [0.05, 0.1) is 6.54 Å². The molecule has 0 atom stereocenters. The van der Waals surface area contributed by atoms with Gasteiger partial charge in [-0.2, -0.15) is 0 Å². The lowest BCUT2D eigenvalue weighted by molar-refractivity contribution is -0.146. The molecule has 1 rings (SSSR count). The number of nitrogens with zero attached hydrogens (tertiary/aromatic N) is 2. The smallest absolute Gasteiger partial charge is 0.311 e. The molecule has 0 radical (unpaired) electrons. The summed E-state index contributed by atoms with van der Waals surface area (Å²) >= 11 is 0. The molecule has 19 heavy (non-hydrogen) atoms. The first kappa shape index (κ1) is 15.4. The van der Waals surface area contributed by atoms with E-state index in [9.17, 15) is 14.4 Å². The van der Waals surface area contributed by atoms with Crippen molar-refractivity contribution in [3.05, 3.63) is 0 Å². The number of likely N-dealkylation sites (N-methyl/N-ethyl adjacent to an activating group) is 1. The molecule has 1 aliphatic heterocycles. The molecular weight excluding hydrogens is 248 g/mol. The fraction of sp³-hybridized carbons (Fsp3) is 0.750. The standard InChI is InChI=1S/C12H22N4O3/c1-3-15(4-2)10(17)9-14-11(18)12(19)16-7-5-13-6-8-16/h13H,3-9H2,1-2H3,(H,14,18). The minimum Gasteiger partial charge on any atom is -0.342 e. The van der Waals surface area contributed by atoms with Gasteiger partial charge in [0, 0.05) is 39.3 Å². The van der Waals surface area contributed by atoms with Crippen molar-refractivity contribution in [2.75, 3.05) is 45.8 Å². The highest BCUT2D eigenvalue weighted by Gasteiger charge is 2.23. The summed E-state index contributed by atoms with van der Waals surface area (Å²) in [5, 5.41) is 5.49. The van der Waals surface area contributed by atoms with Gasteiger partial charge in [-0.15, -0.1) is 0 Å². The third kappa shape index (κ3) is 4.51. The van der Waals surface area contributed by atoms with Crippen molar-refractivity contribution in [1.82, 2.24) is 20.4 Å². The van der Waals surface area contributed by atoms with Crippen molar-refractivity contribution in [3.63, 3.8) is 0 Å². The van der Waals surface area contributed by atoms with Crippen molar-refractivity contribution in [2.45, 2.75) is 13.8 Å². The lowest BCUT2D eigenvalue weighted by Crippen LogP contribution is -2.52. The minimum atomic E-state index is -0.706. The molecule has 0 aromatic heterocycles. The largest absolute Gasteiger partial charge is 0.342 e. The molecule has 3 amide bonds. The summed E-state index contributed by atoms with van der Waals surface area (Å²) < 4.78 is 0. The van der Waals surface area contributed by atoms with Crippen LogP contribution in [0.1, 0.15) is 13.8 Å². The lowest BCUT2D eigenvalue weighted by Gasteiger charge is -2.26. The van der Waals surface area contributed by atoms with Crippen LogP contribution in [0.2, 0.25) is 0 Å². The van der Waals surface area contributed by atoms with Crippen LogP contribution < -0.4 is 10.6 Å². The first-order chi connectivity index (χ1) is 9.10. The highest BCUT2D eigenvalue weighted by atomic mass is 16.2. The van der Waals surface area contributed by atoms with Crippen LogP contribution in [-0.4, -0.2) is 73.3 Å². The monoisotopic (exact) mass is 270 g/mol. The topological polar surface area (TPSA) is 81.8 Å². The number of hydrogen-bond acceptors (Lipinski definition) is 4. The second-order valence-corrected chi connectivity index (χ2v) is 4.29. The molecule has 2 N–H and O–H groups in total. The van der Waals surface area contributed by atoms with Crippen LogP contribution in [0.3, 0.4) is 0 Å². The molecule has 1 heterocycles. The Labute approximate surface area is 113 Å². The molecule has 0 bridgehead atoms. The average Bonchev–Trinajstić information content (AvgIpc) is 2.46. The van der Waals surface area contributed by atoms with Gasteiger partial charge in [-0.1, -0.05) is 0 Å². The van der Waals surface area contributed by atoms with Crippen LogP contribution in [0.25, 0.3) is 0 Å². The van der Waals surface area contributed by atoms with E-state index in [-0.39, 0.29) is 12.5 Å². The Bertz CT molecular complexity index is 336. The van der Waals surface area contributed by atoms with E-state index in [2.05, 4.69) is 10.6 Å². The van der Waals surface area contributed by atoms with E-state index >= 15 is 0 Å². The molecule has 0 aromatic rings. The Hall–Kier alpha value is -1.63. The zero-order valence-electron chi connectivity index (χ0n) is 11.6. The van der Waals surface area contributed by atoms with Gasteiger partial charge in [-0.3, -0.25) is 14.4 Å². The number of piperazine rings is 1. The zero-order chi connectivity index (χ0) is 14.3. The van der Waals surface area contributed by atoms with E-state index in [1.165, 1.54) is 4.90 Å². The van der Waals surface area contributed by atoms with Crippen molar-refractivity contribution >= 4 is 17.7 Å². The van der Waals surface area contributed by atoms with Crippen molar-refractivity contribution in [3.8, 4) is 0 Å². The third-order valence-corrected chi connectivity index (χ3v) is 3.11. The van der Waals surface area contributed by atoms with Crippen molar-refractivity contribution < 1.29 is 14.4 Å². The number of carbonyl (C=O) groups is 3. The second-order valence-electron chi connectivity index (χ2n) is 4.29. The molecule has 7 heteroatoms. The Morgan fingerprint density at radius 3 is 2.26 bits per heavy atom. The molecule has 1 fully saturated rings. The fourth-order valence-corrected chi connectivity index (χ4v) is 1.93. The second kappa shape index (κ2) is 7.73. The maximum atomic E-state index is 11.8. The summed E-state index contributed by atoms with van der Waals surface area (Å²) in [6.07, 6.45) is 0. The number of rotatable bonds is 4. The van der Waals surface area contributed by atoms with Crippen LogP contribution in [-0.2, 0) is 14.4 Å². The number of nitrogens with one attached hydrogen (secondary N) is 2. The average molecular weight is 270 g/mol. The predicted molar refractivity (Wildman–Crippen MR) is 70.4 cm³/mol. The molecule has 0 saturated carbocycles. The van der Waals surface area contributed by atoms with Crippen molar-refractivity contribution in [1.29, 1.82) is 0 Å². The van der Waals surface area contributed by atoms with Gasteiger partial charge in [0.2, 0.25) is 5.91 Å². The molecule has 0 aromatic carbocycles. The van der Waals surface area contributed by atoms with Gasteiger partial charge in [0.1, 0.15) is 0 Å². The summed E-state index contributed by atoms with van der Waals surface area (Å²) in [7, 11) is 0. The van der Waals surface area contributed by atoms with Gasteiger partial charge in [0.15, 0.2) is 0 Å². The van der Waals surface area contributed by atoms with Gasteiger partial charge in [-0.25, -0.2) is 0 Å². The maximum Gasteiger partial charge on any atom is 0.311 e. The maximum absolute atomic E-state index is 11.8. The van der Waals surface area contributed by atoms with E-state index in [1.54, 1.807) is 4.90 Å². The first-order valence-corrected chi connectivity index (χ1v) is 6.65. The molecule has 0 aliphatic carbocycles. The summed E-state index contributed by atoms with van der Waals surface area (Å²) in [6, 6.07) is 0. The van der Waals surface area contributed by atoms with Gasteiger partial charge >= 0.3 is 11.8 Å². The van der Waals surface area contributed by atoms with Crippen molar-refractivity contribution in [2.24, 2.45) is 0 Å². The summed E-state index contributed by atoms with van der Waals surface area (Å²) in [4.78, 5) is 38.2. The normalized spacial score (nSPS) is 14.9. The molecule has 108 valence electrons. The predicted octanol–water partition coefficient (Wildman–Crippen LogP) is -1.60. The van der Waals surface area contributed by atoms with Crippen LogP contribution in [0.5, 0.6) is 0 Å². The SMILES string of the molecule is CCN(CC)C(=O)CNC(=O)C(=O)N1CCNCC1. The highest BCUT2D eigenvalue weighted by molar-refractivity contribution is 6.35. The van der Waals surface area contributed by atoms with Gasteiger partial charge in [0.25, 0.3) is 0 Å². The van der Waals surface area contributed by atoms with E-state index in [0.29, 0.717) is 39.3 Å². The zero-order valence-corrected chi connectivity index (χ0v) is 11.6. The Morgan fingerprint density at radius 1 is 1.16 bits per heavy atom. The van der Waals surface area contributed by atoms with E-state index in [1.807, 2.05) is 13.8 Å². The van der Waals surface area contributed by atoms with Crippen LogP contribution in [0.4, 0.5) is 0 Å². The quantitative estimate of drug-likeness (QED) is 0.603. The fourth-order valence-electron chi connectivity index (χ4n) is 1.93. The Balaban J connectivity index is 2.37. The van der Waals surface area contributed by atoms with E-state index in [0.717, 1.165) is 0 Å².